The van der Waals surface area contributed by atoms with Gasteiger partial charge >= 0.3 is 0 Å². The van der Waals surface area contributed by atoms with E-state index in [4.69, 9.17) is 12.2 Å². The topological polar surface area (TPSA) is 71.1 Å². The van der Waals surface area contributed by atoms with Crippen LogP contribution in [0.1, 0.15) is 11.1 Å². The lowest BCUT2D eigenvalue weighted by Gasteiger charge is -2.09. The summed E-state index contributed by atoms with van der Waals surface area (Å²) in [6.45, 7) is 0.687. The van der Waals surface area contributed by atoms with Gasteiger partial charge in [-0.25, -0.2) is 17.5 Å². The van der Waals surface area contributed by atoms with E-state index in [0.29, 0.717) is 22.2 Å². The van der Waals surface area contributed by atoms with Crippen LogP contribution in [-0.4, -0.2) is 29.2 Å². The Morgan fingerprint density at radius 2 is 1.92 bits per heavy atom. The van der Waals surface area contributed by atoms with Crippen LogP contribution >= 0.6 is 24.0 Å². The second-order valence-corrected chi connectivity index (χ2v) is 8.82. The maximum atomic E-state index is 12.8. The first-order valence-corrected chi connectivity index (χ1v) is 10.5. The summed E-state index contributed by atoms with van der Waals surface area (Å²) in [5.74, 6) is -0.0547. The van der Waals surface area contributed by atoms with Gasteiger partial charge in [0.1, 0.15) is 10.1 Å². The highest BCUT2D eigenvalue weighted by molar-refractivity contribution is 8.23. The average molecular weight is 400 g/mol. The van der Waals surface area contributed by atoms with Crippen molar-refractivity contribution in [1.82, 2.24) is 15.0 Å². The summed E-state index contributed by atoms with van der Waals surface area (Å²) in [5.41, 5.74) is 1.70. The summed E-state index contributed by atoms with van der Waals surface area (Å²) in [6.07, 6.45) is 3.44. The number of hydrogen-bond acceptors (Lipinski definition) is 5. The van der Waals surface area contributed by atoms with Gasteiger partial charge in [0.2, 0.25) is 10.0 Å². The number of thiocarbonyl (C=S) groups is 1. The van der Waals surface area contributed by atoms with E-state index in [1.165, 1.54) is 23.9 Å². The Kier molecular flexibility index (Phi) is 7.76. The van der Waals surface area contributed by atoms with E-state index in [0.717, 1.165) is 5.56 Å². The molecule has 1 heterocycles. The van der Waals surface area contributed by atoms with Gasteiger partial charge in [-0.1, -0.05) is 42.2 Å². The second-order valence-electron chi connectivity index (χ2n) is 5.12. The Morgan fingerprint density at radius 1 is 1.16 bits per heavy atom. The molecule has 0 radical (unpaired) electrons. The zero-order valence-corrected chi connectivity index (χ0v) is 15.8. The lowest BCUT2D eigenvalue weighted by molar-refractivity contribution is 0.583. The molecular formula is C16H18FN3O2S3. The van der Waals surface area contributed by atoms with Gasteiger partial charge in [-0.05, 0) is 29.3 Å². The number of rotatable bonds is 8. The maximum Gasteiger partial charge on any atom is 0.212 e. The number of pyridine rings is 1. The second kappa shape index (κ2) is 9.81. The first kappa shape index (κ1) is 19.8. The van der Waals surface area contributed by atoms with E-state index in [2.05, 4.69) is 15.0 Å². The molecule has 5 nitrogen and oxygen atoms in total. The third-order valence-corrected chi connectivity index (χ3v) is 6.05. The minimum atomic E-state index is -3.41. The minimum Gasteiger partial charge on any atom is -0.367 e. The van der Waals surface area contributed by atoms with Gasteiger partial charge in [-0.15, -0.1) is 0 Å². The summed E-state index contributed by atoms with van der Waals surface area (Å²) in [4.78, 5) is 4.01. The fraction of sp³-hybridized carbons (Fsp3) is 0.250. The van der Waals surface area contributed by atoms with Gasteiger partial charge < -0.3 is 5.32 Å². The monoisotopic (exact) mass is 399 g/mol. The van der Waals surface area contributed by atoms with Crippen molar-refractivity contribution in [3.63, 3.8) is 0 Å². The lowest BCUT2D eigenvalue weighted by Crippen LogP contribution is -2.27. The van der Waals surface area contributed by atoms with Gasteiger partial charge in [0, 0.05) is 31.2 Å². The molecule has 1 aromatic carbocycles. The quantitative estimate of drug-likeness (QED) is 0.665. The van der Waals surface area contributed by atoms with Crippen LogP contribution in [0.15, 0.2) is 48.8 Å². The highest BCUT2D eigenvalue weighted by atomic mass is 32.2. The number of sulfonamides is 1. The van der Waals surface area contributed by atoms with Crippen molar-refractivity contribution in [2.45, 2.75) is 13.1 Å². The molecule has 2 N–H and O–H groups in total. The molecule has 134 valence electrons. The van der Waals surface area contributed by atoms with Crippen LogP contribution in [-0.2, 0) is 23.1 Å². The van der Waals surface area contributed by atoms with Gasteiger partial charge in [0.25, 0.3) is 0 Å². The maximum absolute atomic E-state index is 12.8. The molecule has 0 saturated carbocycles. The SMILES string of the molecule is O=S(=O)(CCSC(=S)NCc1cccnc1)NCc1ccc(F)cc1. The van der Waals surface area contributed by atoms with Crippen molar-refractivity contribution in [3.05, 3.63) is 65.7 Å². The zero-order chi connectivity index (χ0) is 18.1. The summed E-state index contributed by atoms with van der Waals surface area (Å²) < 4.78 is 39.8. The summed E-state index contributed by atoms with van der Waals surface area (Å²) in [7, 11) is -3.41. The van der Waals surface area contributed by atoms with Crippen molar-refractivity contribution < 1.29 is 12.8 Å². The molecule has 0 amide bonds. The molecule has 1 aromatic heterocycles. The molecule has 0 bridgehead atoms. The van der Waals surface area contributed by atoms with E-state index < -0.39 is 10.0 Å². The zero-order valence-electron chi connectivity index (χ0n) is 13.3. The van der Waals surface area contributed by atoms with E-state index in [9.17, 15) is 12.8 Å². The van der Waals surface area contributed by atoms with Crippen LogP contribution in [0, 0.1) is 5.82 Å². The minimum absolute atomic E-state index is 0.0480. The van der Waals surface area contributed by atoms with Gasteiger partial charge in [0.15, 0.2) is 0 Å². The van der Waals surface area contributed by atoms with Crippen molar-refractivity contribution >= 4 is 38.3 Å². The highest BCUT2D eigenvalue weighted by Gasteiger charge is 2.11. The number of halogens is 1. The van der Waals surface area contributed by atoms with E-state index in [1.54, 1.807) is 24.5 Å². The van der Waals surface area contributed by atoms with Crippen LogP contribution in [0.4, 0.5) is 4.39 Å². The molecule has 0 aliphatic rings. The van der Waals surface area contributed by atoms with Crippen LogP contribution in [0.5, 0.6) is 0 Å². The van der Waals surface area contributed by atoms with Gasteiger partial charge in [-0.2, -0.15) is 0 Å². The fourth-order valence-electron chi connectivity index (χ4n) is 1.84. The third kappa shape index (κ3) is 7.91. The molecule has 0 fully saturated rings. The van der Waals surface area contributed by atoms with Crippen molar-refractivity contribution in [3.8, 4) is 0 Å². The molecule has 9 heteroatoms. The number of nitrogens with zero attached hydrogens (tertiary/aromatic N) is 1. The Labute approximate surface area is 156 Å². The summed E-state index contributed by atoms with van der Waals surface area (Å²) in [6, 6.07) is 9.45. The van der Waals surface area contributed by atoms with E-state index >= 15 is 0 Å². The fourth-order valence-corrected chi connectivity index (χ4v) is 4.26. The van der Waals surface area contributed by atoms with Crippen molar-refractivity contribution in [2.75, 3.05) is 11.5 Å². The number of aromatic nitrogens is 1. The van der Waals surface area contributed by atoms with Crippen LogP contribution < -0.4 is 10.0 Å². The first-order valence-electron chi connectivity index (χ1n) is 7.46. The molecule has 0 aliphatic heterocycles. The van der Waals surface area contributed by atoms with Gasteiger partial charge in [0.05, 0.1) is 5.75 Å². The van der Waals surface area contributed by atoms with Crippen LogP contribution in [0.25, 0.3) is 0 Å². The molecule has 0 aliphatic carbocycles. The summed E-state index contributed by atoms with van der Waals surface area (Å²) in [5, 5.41) is 3.05. The largest absolute Gasteiger partial charge is 0.367 e. The molecule has 0 spiro atoms. The van der Waals surface area contributed by atoms with E-state index in [-0.39, 0.29) is 18.1 Å². The average Bonchev–Trinajstić information content (AvgIpc) is 2.60. The number of nitrogens with one attached hydrogen (secondary N) is 2. The molecule has 2 rings (SSSR count). The van der Waals surface area contributed by atoms with Gasteiger partial charge in [-0.3, -0.25) is 4.98 Å². The lowest BCUT2D eigenvalue weighted by atomic mass is 10.2. The number of thioether (sulfide) groups is 1. The molecule has 0 atom stereocenters. The molecular weight excluding hydrogens is 381 g/mol. The number of benzene rings is 1. The normalized spacial score (nSPS) is 11.2. The Morgan fingerprint density at radius 3 is 2.60 bits per heavy atom. The van der Waals surface area contributed by atoms with Crippen LogP contribution in [0.3, 0.4) is 0 Å². The highest BCUT2D eigenvalue weighted by Crippen LogP contribution is 2.06. The summed E-state index contributed by atoms with van der Waals surface area (Å²) >= 11 is 6.45. The Hall–Kier alpha value is -1.55. The Bertz CT molecular complexity index is 784. The predicted molar refractivity (Wildman–Crippen MR) is 103 cm³/mol. The Balaban J connectivity index is 1.67. The molecule has 2 aromatic rings. The standard InChI is InChI=1S/C16H18FN3O2S3/c17-15-5-3-13(4-6-15)12-20-25(21,22)9-8-24-16(23)19-11-14-2-1-7-18-10-14/h1-7,10,20H,8-9,11-12H2,(H,19,23). The van der Waals surface area contributed by atoms with Crippen LogP contribution in [0.2, 0.25) is 0 Å². The number of hydrogen-bond donors (Lipinski definition) is 2. The third-order valence-electron chi connectivity index (χ3n) is 3.15. The van der Waals surface area contributed by atoms with E-state index in [1.807, 2.05) is 12.1 Å². The van der Waals surface area contributed by atoms with Crippen molar-refractivity contribution in [1.29, 1.82) is 0 Å². The smallest absolute Gasteiger partial charge is 0.212 e. The molecule has 0 saturated heterocycles. The van der Waals surface area contributed by atoms with Crippen molar-refractivity contribution in [2.24, 2.45) is 0 Å². The molecule has 25 heavy (non-hydrogen) atoms. The first-order chi connectivity index (χ1) is 11.9. The molecule has 0 unspecified atom stereocenters. The predicted octanol–water partition coefficient (Wildman–Crippen LogP) is 2.45.